The van der Waals surface area contributed by atoms with E-state index >= 15 is 0 Å². The Balaban J connectivity index is 1.71. The molecule has 2 rings (SSSR count). The Hall–Kier alpha value is -0.280. The van der Waals surface area contributed by atoms with Gasteiger partial charge in [-0.25, -0.2) is 0 Å². The summed E-state index contributed by atoms with van der Waals surface area (Å²) in [5, 5.41) is 0. The maximum Gasteiger partial charge on any atom is 0.0932 e. The molecule has 0 saturated carbocycles. The number of hydrogen-bond acceptors (Lipinski definition) is 2. The first-order valence-electron chi connectivity index (χ1n) is 6.42. The first-order valence-corrected chi connectivity index (χ1v) is 9.57. The minimum absolute atomic E-state index is 0.0411. The van der Waals surface area contributed by atoms with Crippen LogP contribution in [0.3, 0.4) is 0 Å². The van der Waals surface area contributed by atoms with Crippen molar-refractivity contribution in [3.63, 3.8) is 0 Å². The summed E-state index contributed by atoms with van der Waals surface area (Å²) in [5.74, 6) is 0. The van der Waals surface area contributed by atoms with Crippen molar-refractivity contribution in [2.24, 2.45) is 0 Å². The molecule has 0 bridgehead atoms. The third kappa shape index (κ3) is 6.01. The molecule has 0 radical (unpaired) electrons. The van der Waals surface area contributed by atoms with Crippen molar-refractivity contribution in [2.45, 2.75) is 22.3 Å². The molecule has 2 atom stereocenters. The van der Waals surface area contributed by atoms with E-state index in [4.69, 9.17) is 23.2 Å². The van der Waals surface area contributed by atoms with Crippen molar-refractivity contribution < 1.29 is 0 Å². The molecule has 0 N–H and O–H groups in total. The summed E-state index contributed by atoms with van der Waals surface area (Å²) in [6, 6.07) is 20.6. The summed E-state index contributed by atoms with van der Waals surface area (Å²) < 4.78 is 0.0823. The summed E-state index contributed by atoms with van der Waals surface area (Å²) in [7, 11) is 3.30. The second kappa shape index (κ2) is 8.89. The average Bonchev–Trinajstić information content (AvgIpc) is 2.47. The van der Waals surface area contributed by atoms with Crippen LogP contribution in [0, 0.1) is 0 Å². The molecule has 2 unspecified atom stereocenters. The Labute approximate surface area is 138 Å². The largest absolute Gasteiger partial charge is 0.110 e. The van der Waals surface area contributed by atoms with Gasteiger partial charge in [-0.3, -0.25) is 0 Å². The van der Waals surface area contributed by atoms with Crippen LogP contribution >= 0.6 is 44.8 Å². The number of halogens is 2. The lowest BCUT2D eigenvalue weighted by Gasteiger charge is -2.12. The Morgan fingerprint density at radius 3 is 1.35 bits per heavy atom. The van der Waals surface area contributed by atoms with Crippen LogP contribution < -0.4 is 0 Å². The fourth-order valence-corrected chi connectivity index (χ4v) is 4.79. The molecule has 0 aromatic heterocycles. The Morgan fingerprint density at radius 1 is 0.650 bits per heavy atom. The minimum Gasteiger partial charge on any atom is -0.110 e. The van der Waals surface area contributed by atoms with E-state index in [0.29, 0.717) is 0 Å². The topological polar surface area (TPSA) is 0 Å². The highest BCUT2D eigenvalue weighted by molar-refractivity contribution is 8.77. The van der Waals surface area contributed by atoms with Gasteiger partial charge in [0, 0.05) is 0 Å². The van der Waals surface area contributed by atoms with E-state index in [-0.39, 0.29) is 9.42 Å². The lowest BCUT2D eigenvalue weighted by atomic mass is 10.2. The van der Waals surface area contributed by atoms with Crippen LogP contribution in [0.2, 0.25) is 0 Å². The normalized spacial score (nSPS) is 13.9. The van der Waals surface area contributed by atoms with Crippen LogP contribution in [0.25, 0.3) is 0 Å². The van der Waals surface area contributed by atoms with Gasteiger partial charge >= 0.3 is 0 Å². The molecular formula is C16H16Cl2S2. The SMILES string of the molecule is ClC(Cc1ccccc1)SSC(Cl)Cc1ccccc1. The summed E-state index contributed by atoms with van der Waals surface area (Å²) in [6.45, 7) is 0. The predicted molar refractivity (Wildman–Crippen MR) is 94.8 cm³/mol. The van der Waals surface area contributed by atoms with E-state index < -0.39 is 0 Å². The first-order chi connectivity index (χ1) is 9.74. The van der Waals surface area contributed by atoms with Gasteiger partial charge in [0.25, 0.3) is 0 Å². The zero-order chi connectivity index (χ0) is 14.2. The Bertz CT molecular complexity index is 443. The summed E-state index contributed by atoms with van der Waals surface area (Å²) in [5.41, 5.74) is 2.52. The van der Waals surface area contributed by atoms with Crippen LogP contribution in [-0.2, 0) is 12.8 Å². The van der Waals surface area contributed by atoms with E-state index in [1.165, 1.54) is 11.1 Å². The highest BCUT2D eigenvalue weighted by atomic mass is 35.5. The Kier molecular flexibility index (Phi) is 7.15. The van der Waals surface area contributed by atoms with E-state index in [1.807, 2.05) is 36.4 Å². The van der Waals surface area contributed by atoms with E-state index in [0.717, 1.165) is 12.8 Å². The van der Waals surface area contributed by atoms with Gasteiger partial charge in [0.2, 0.25) is 0 Å². The number of rotatable bonds is 7. The van der Waals surface area contributed by atoms with E-state index in [2.05, 4.69) is 24.3 Å². The summed E-state index contributed by atoms with van der Waals surface area (Å²) in [4.78, 5) is 0. The lowest BCUT2D eigenvalue weighted by molar-refractivity contribution is 1.10. The van der Waals surface area contributed by atoms with Gasteiger partial charge in [-0.05, 0) is 24.0 Å². The molecule has 106 valence electrons. The quantitative estimate of drug-likeness (QED) is 0.448. The standard InChI is InChI=1S/C16H16Cl2S2/c17-15(11-13-7-3-1-4-8-13)19-20-16(18)12-14-9-5-2-6-10-14/h1-10,15-16H,11-12H2. The highest BCUT2D eigenvalue weighted by Gasteiger charge is 2.12. The van der Waals surface area contributed by atoms with Crippen molar-refractivity contribution in [3.8, 4) is 0 Å². The smallest absolute Gasteiger partial charge is 0.0932 e. The molecule has 0 aliphatic carbocycles. The molecule has 0 spiro atoms. The van der Waals surface area contributed by atoms with Crippen molar-refractivity contribution in [2.75, 3.05) is 0 Å². The van der Waals surface area contributed by atoms with Crippen molar-refractivity contribution >= 4 is 44.8 Å². The van der Waals surface area contributed by atoms with Gasteiger partial charge < -0.3 is 0 Å². The van der Waals surface area contributed by atoms with Crippen molar-refractivity contribution in [3.05, 3.63) is 71.8 Å². The second-order valence-electron chi connectivity index (χ2n) is 4.39. The molecule has 0 saturated heterocycles. The minimum atomic E-state index is 0.0411. The number of benzene rings is 2. The monoisotopic (exact) mass is 342 g/mol. The zero-order valence-corrected chi connectivity index (χ0v) is 14.1. The molecular weight excluding hydrogens is 327 g/mol. The third-order valence-corrected chi connectivity index (χ3v) is 6.81. The van der Waals surface area contributed by atoms with Gasteiger partial charge in [0.15, 0.2) is 0 Å². The molecule has 2 aromatic rings. The molecule has 0 aliphatic heterocycles. The van der Waals surface area contributed by atoms with Crippen LogP contribution in [0.15, 0.2) is 60.7 Å². The molecule has 4 heteroatoms. The predicted octanol–water partition coefficient (Wildman–Crippen LogP) is 5.98. The average molecular weight is 343 g/mol. The van der Waals surface area contributed by atoms with Crippen LogP contribution in [0.1, 0.15) is 11.1 Å². The van der Waals surface area contributed by atoms with E-state index in [9.17, 15) is 0 Å². The number of alkyl halides is 2. The van der Waals surface area contributed by atoms with Gasteiger partial charge in [-0.1, -0.05) is 82.3 Å². The molecule has 2 aromatic carbocycles. The van der Waals surface area contributed by atoms with Crippen LogP contribution in [0.4, 0.5) is 0 Å². The van der Waals surface area contributed by atoms with Gasteiger partial charge in [0.05, 0.1) is 9.42 Å². The van der Waals surface area contributed by atoms with Crippen molar-refractivity contribution in [1.29, 1.82) is 0 Å². The van der Waals surface area contributed by atoms with Gasteiger partial charge in [-0.2, -0.15) is 0 Å². The third-order valence-electron chi connectivity index (χ3n) is 2.74. The second-order valence-corrected chi connectivity index (χ2v) is 8.64. The summed E-state index contributed by atoms with van der Waals surface area (Å²) >= 11 is 12.7. The maximum absolute atomic E-state index is 6.35. The maximum atomic E-state index is 6.35. The molecule has 0 aliphatic rings. The Morgan fingerprint density at radius 2 is 1.00 bits per heavy atom. The number of hydrogen-bond donors (Lipinski definition) is 0. The molecule has 0 nitrogen and oxygen atoms in total. The van der Waals surface area contributed by atoms with Gasteiger partial charge in [-0.15, -0.1) is 23.2 Å². The molecule has 0 amide bonds. The fourth-order valence-electron chi connectivity index (χ4n) is 1.79. The molecule has 0 heterocycles. The molecule has 0 fully saturated rings. The van der Waals surface area contributed by atoms with E-state index in [1.54, 1.807) is 21.6 Å². The van der Waals surface area contributed by atoms with Crippen LogP contribution in [-0.4, -0.2) is 9.42 Å². The van der Waals surface area contributed by atoms with Crippen LogP contribution in [0.5, 0.6) is 0 Å². The molecule has 20 heavy (non-hydrogen) atoms. The summed E-state index contributed by atoms with van der Waals surface area (Å²) in [6.07, 6.45) is 1.71. The van der Waals surface area contributed by atoms with Gasteiger partial charge in [0.1, 0.15) is 0 Å². The highest BCUT2D eigenvalue weighted by Crippen LogP contribution is 2.37. The lowest BCUT2D eigenvalue weighted by Crippen LogP contribution is -2.00. The zero-order valence-electron chi connectivity index (χ0n) is 10.9. The fraction of sp³-hybridized carbons (Fsp3) is 0.250. The van der Waals surface area contributed by atoms with Crippen molar-refractivity contribution in [1.82, 2.24) is 0 Å². The first kappa shape index (κ1) is 16.1.